The smallest absolute Gasteiger partial charge is 0.162 e. The van der Waals surface area contributed by atoms with Gasteiger partial charge in [-0.3, -0.25) is 4.98 Å². The molecule has 1 aliphatic heterocycles. The van der Waals surface area contributed by atoms with E-state index in [2.05, 4.69) is 26.5 Å². The van der Waals surface area contributed by atoms with Gasteiger partial charge in [0, 0.05) is 37.4 Å². The van der Waals surface area contributed by atoms with E-state index < -0.39 is 0 Å². The normalized spacial score (nSPS) is 12.4. The highest BCUT2D eigenvalue weighted by atomic mass is 15.4. The third-order valence-electron chi connectivity index (χ3n) is 5.51. The van der Waals surface area contributed by atoms with Crippen molar-refractivity contribution < 1.29 is 0 Å². The van der Waals surface area contributed by atoms with Crippen LogP contribution in [0.4, 0.5) is 17.2 Å². The number of H-pyrrole nitrogens is 1. The van der Waals surface area contributed by atoms with Gasteiger partial charge < -0.3 is 20.1 Å². The minimum Gasteiger partial charge on any atom is -0.378 e. The van der Waals surface area contributed by atoms with Gasteiger partial charge in [0.2, 0.25) is 0 Å². The summed E-state index contributed by atoms with van der Waals surface area (Å²) in [6.07, 6.45) is 5.41. The average molecular weight is 453 g/mol. The second-order valence-corrected chi connectivity index (χ2v) is 8.22. The number of hydrogen-bond acceptors (Lipinski definition) is 8. The van der Waals surface area contributed by atoms with Crippen molar-refractivity contribution in [3.63, 3.8) is 0 Å². The van der Waals surface area contributed by atoms with Crippen LogP contribution >= 0.6 is 0 Å². The summed E-state index contributed by atoms with van der Waals surface area (Å²) in [6, 6.07) is 13.8. The number of nitriles is 1. The highest BCUT2D eigenvalue weighted by Crippen LogP contribution is 2.30. The molecule has 0 radical (unpaired) electrons. The van der Waals surface area contributed by atoms with Crippen molar-refractivity contribution in [3.05, 3.63) is 71.8 Å². The highest BCUT2D eigenvalue weighted by molar-refractivity contribution is 5.72. The first-order chi connectivity index (χ1) is 16.5. The second kappa shape index (κ2) is 8.71. The van der Waals surface area contributed by atoms with Crippen LogP contribution in [0.15, 0.2) is 48.9 Å². The summed E-state index contributed by atoms with van der Waals surface area (Å²) >= 11 is 0. The van der Waals surface area contributed by atoms with Crippen molar-refractivity contribution in [2.24, 2.45) is 0 Å². The lowest BCUT2D eigenvalue weighted by Gasteiger charge is -2.22. The number of benzene rings is 1. The number of fused-ring (bicyclic) bond motifs is 1. The van der Waals surface area contributed by atoms with Gasteiger partial charge in [-0.05, 0) is 43.3 Å². The molecule has 0 amide bonds. The lowest BCUT2D eigenvalue weighted by Crippen LogP contribution is -2.26. The van der Waals surface area contributed by atoms with E-state index in [-0.39, 0.29) is 0 Å². The molecule has 4 heterocycles. The van der Waals surface area contributed by atoms with Gasteiger partial charge in [0.05, 0.1) is 23.9 Å². The van der Waals surface area contributed by atoms with Crippen LogP contribution in [-0.4, -0.2) is 43.8 Å². The molecule has 0 atom stereocenters. The van der Waals surface area contributed by atoms with E-state index in [4.69, 9.17) is 9.97 Å². The van der Waals surface area contributed by atoms with Crippen LogP contribution in [-0.2, 0) is 13.2 Å². The number of nitrogens with zero attached hydrogens (tertiary/aromatic N) is 8. The quantitative estimate of drug-likeness (QED) is 0.458. The molecule has 0 aliphatic carbocycles. The zero-order valence-corrected chi connectivity index (χ0v) is 19.2. The molecule has 4 aromatic rings. The Balaban J connectivity index is 1.47. The van der Waals surface area contributed by atoms with Gasteiger partial charge in [-0.2, -0.15) is 10.4 Å². The first-order valence-corrected chi connectivity index (χ1v) is 10.8. The Morgan fingerprint density at radius 3 is 2.88 bits per heavy atom. The third kappa shape index (κ3) is 4.19. The number of aromatic amines is 1. The number of rotatable bonds is 6. The zero-order chi connectivity index (χ0) is 23.7. The lowest BCUT2D eigenvalue weighted by atomic mass is 10.2. The van der Waals surface area contributed by atoms with Crippen molar-refractivity contribution in [1.82, 2.24) is 29.7 Å². The fourth-order valence-corrected chi connectivity index (χ4v) is 3.78. The third-order valence-corrected chi connectivity index (χ3v) is 5.51. The summed E-state index contributed by atoms with van der Waals surface area (Å²) in [7, 11) is 3.90. The van der Waals surface area contributed by atoms with Gasteiger partial charge in [0.15, 0.2) is 11.6 Å². The predicted molar refractivity (Wildman–Crippen MR) is 131 cm³/mol. The Morgan fingerprint density at radius 1 is 1.21 bits per heavy atom. The van der Waals surface area contributed by atoms with Gasteiger partial charge >= 0.3 is 0 Å². The summed E-state index contributed by atoms with van der Waals surface area (Å²) < 4.78 is 1.82. The van der Waals surface area contributed by atoms with Gasteiger partial charge in [-0.1, -0.05) is 6.07 Å². The van der Waals surface area contributed by atoms with Crippen LogP contribution in [0.25, 0.3) is 17.5 Å². The van der Waals surface area contributed by atoms with E-state index in [0.29, 0.717) is 18.8 Å². The summed E-state index contributed by atoms with van der Waals surface area (Å²) in [5.74, 6) is 2.31. The Labute approximate surface area is 197 Å². The number of aryl methyl sites for hydroxylation is 1. The zero-order valence-electron chi connectivity index (χ0n) is 19.2. The fourth-order valence-electron chi connectivity index (χ4n) is 3.78. The Morgan fingerprint density at radius 2 is 2.09 bits per heavy atom. The van der Waals surface area contributed by atoms with Crippen molar-refractivity contribution >= 4 is 23.3 Å². The van der Waals surface area contributed by atoms with Crippen LogP contribution in [0, 0.1) is 18.3 Å². The number of nitrogens with one attached hydrogen (secondary N) is 2. The molecule has 0 saturated carbocycles. The van der Waals surface area contributed by atoms with Crippen molar-refractivity contribution in [1.29, 1.82) is 5.26 Å². The SMILES string of the molecule is Cc1cccc(-c2[nH]c(CNc3cc(C#N)cc(N(C)C)c3)nc2N2C=Cc3ncnn3C2)n1. The van der Waals surface area contributed by atoms with Crippen molar-refractivity contribution in [3.8, 4) is 17.5 Å². The molecule has 2 N–H and O–H groups in total. The summed E-state index contributed by atoms with van der Waals surface area (Å²) in [6.45, 7) is 2.92. The topological polar surface area (TPSA) is 115 Å². The average Bonchev–Trinajstić information content (AvgIpc) is 3.49. The fraction of sp³-hybridized carbons (Fsp3) is 0.208. The molecule has 10 heteroatoms. The van der Waals surface area contributed by atoms with Crippen LogP contribution in [0.3, 0.4) is 0 Å². The predicted octanol–water partition coefficient (Wildman–Crippen LogP) is 3.37. The Kier molecular flexibility index (Phi) is 5.43. The van der Waals surface area contributed by atoms with Gasteiger partial charge in [0.25, 0.3) is 0 Å². The molecule has 170 valence electrons. The van der Waals surface area contributed by atoms with Crippen LogP contribution in [0.2, 0.25) is 0 Å². The Hall–Kier alpha value is -4.65. The first-order valence-electron chi connectivity index (χ1n) is 10.8. The van der Waals surface area contributed by atoms with Gasteiger partial charge in [-0.15, -0.1) is 0 Å². The van der Waals surface area contributed by atoms with E-state index in [1.54, 1.807) is 6.33 Å². The highest BCUT2D eigenvalue weighted by Gasteiger charge is 2.21. The molecule has 5 rings (SSSR count). The largest absolute Gasteiger partial charge is 0.378 e. The van der Waals surface area contributed by atoms with Gasteiger partial charge in [-0.25, -0.2) is 14.6 Å². The lowest BCUT2D eigenvalue weighted by molar-refractivity contribution is 0.600. The number of aromatic nitrogens is 6. The van der Waals surface area contributed by atoms with E-state index in [1.807, 2.05) is 84.2 Å². The standard InChI is InChI=1S/C24H24N10/c1-16-5-4-6-20(29-16)23-24(33-8-7-22-27-14-28-34(22)15-33)31-21(30-23)13-26-18-9-17(12-25)10-19(11-18)32(2)3/h4-11,14,26H,13,15H2,1-3H3,(H,30,31). The summed E-state index contributed by atoms with van der Waals surface area (Å²) in [5.41, 5.74) is 4.96. The Bertz CT molecular complexity index is 1410. The van der Waals surface area contributed by atoms with Crippen LogP contribution in [0.1, 0.15) is 22.9 Å². The summed E-state index contributed by atoms with van der Waals surface area (Å²) in [4.78, 5) is 21.3. The maximum atomic E-state index is 9.39. The molecule has 34 heavy (non-hydrogen) atoms. The molecule has 1 aromatic carbocycles. The maximum Gasteiger partial charge on any atom is 0.162 e. The number of imidazole rings is 1. The number of pyridine rings is 1. The minimum atomic E-state index is 0.451. The van der Waals surface area contributed by atoms with E-state index in [1.165, 1.54) is 0 Å². The van der Waals surface area contributed by atoms with E-state index >= 15 is 0 Å². The molecule has 0 bridgehead atoms. The van der Waals surface area contributed by atoms with E-state index in [9.17, 15) is 5.26 Å². The molecule has 0 fully saturated rings. The molecule has 3 aromatic heterocycles. The van der Waals surface area contributed by atoms with Crippen molar-refractivity contribution in [2.45, 2.75) is 20.1 Å². The minimum absolute atomic E-state index is 0.451. The van der Waals surface area contributed by atoms with Crippen LogP contribution in [0.5, 0.6) is 0 Å². The van der Waals surface area contributed by atoms with Gasteiger partial charge in [0.1, 0.15) is 24.5 Å². The summed E-state index contributed by atoms with van der Waals surface area (Å²) in [5, 5.41) is 17.1. The monoisotopic (exact) mass is 452 g/mol. The number of anilines is 3. The maximum absolute atomic E-state index is 9.39. The van der Waals surface area contributed by atoms with Crippen LogP contribution < -0.4 is 15.1 Å². The molecule has 10 nitrogen and oxygen atoms in total. The second-order valence-electron chi connectivity index (χ2n) is 8.22. The number of hydrogen-bond donors (Lipinski definition) is 2. The molecule has 0 spiro atoms. The molecule has 1 aliphatic rings. The molecule has 0 saturated heterocycles. The first kappa shape index (κ1) is 21.2. The molecular formula is C24H24N10. The molecular weight excluding hydrogens is 428 g/mol. The van der Waals surface area contributed by atoms with E-state index in [0.717, 1.165) is 45.9 Å². The van der Waals surface area contributed by atoms with Crippen molar-refractivity contribution in [2.75, 3.05) is 29.2 Å². The molecule has 0 unspecified atom stereocenters.